The molecule has 3 heterocycles. The average Bonchev–Trinajstić information content (AvgIpc) is 3.44. The monoisotopic (exact) mass is 497 g/mol. The lowest BCUT2D eigenvalue weighted by Gasteiger charge is -2.17. The number of benzene rings is 1. The van der Waals surface area contributed by atoms with Gasteiger partial charge >= 0.3 is 0 Å². The van der Waals surface area contributed by atoms with E-state index in [2.05, 4.69) is 17.1 Å². The first-order valence-corrected chi connectivity index (χ1v) is 12.8. The van der Waals surface area contributed by atoms with E-state index in [0.717, 1.165) is 29.5 Å². The van der Waals surface area contributed by atoms with Gasteiger partial charge in [0.1, 0.15) is 4.83 Å². The van der Waals surface area contributed by atoms with E-state index in [4.69, 9.17) is 9.40 Å². The van der Waals surface area contributed by atoms with Crippen molar-refractivity contribution in [2.24, 2.45) is 5.92 Å². The van der Waals surface area contributed by atoms with E-state index in [-0.39, 0.29) is 22.4 Å². The second kappa shape index (κ2) is 8.95. The molecule has 34 heavy (non-hydrogen) atoms. The number of nitro benzene ring substituents is 1. The maximum atomic E-state index is 13.4. The van der Waals surface area contributed by atoms with Gasteiger partial charge in [0.05, 0.1) is 15.6 Å². The van der Waals surface area contributed by atoms with Crippen LogP contribution in [0.15, 0.2) is 38.6 Å². The minimum atomic E-state index is -0.455. The quantitative estimate of drug-likeness (QED) is 0.150. The number of non-ortho nitro benzene ring substituents is 1. The summed E-state index contributed by atoms with van der Waals surface area (Å²) in [6.07, 6.45) is 3.05. The van der Waals surface area contributed by atoms with Crippen LogP contribution >= 0.6 is 23.1 Å². The van der Waals surface area contributed by atoms with Gasteiger partial charge in [0, 0.05) is 29.1 Å². The van der Waals surface area contributed by atoms with Crippen LogP contribution in [0.4, 0.5) is 5.69 Å². The van der Waals surface area contributed by atoms with E-state index in [1.807, 2.05) is 13.8 Å². The lowest BCUT2D eigenvalue weighted by molar-refractivity contribution is -0.384. The van der Waals surface area contributed by atoms with Crippen LogP contribution in [0.2, 0.25) is 0 Å². The first-order chi connectivity index (χ1) is 16.4. The van der Waals surface area contributed by atoms with Gasteiger partial charge in [-0.05, 0) is 56.7 Å². The summed E-state index contributed by atoms with van der Waals surface area (Å²) in [6, 6.07) is 5.96. The summed E-state index contributed by atoms with van der Waals surface area (Å²) in [5, 5.41) is 20.3. The lowest BCUT2D eigenvalue weighted by Crippen LogP contribution is -2.23. The molecular weight excluding hydrogens is 474 g/mol. The Kier molecular flexibility index (Phi) is 5.98. The first-order valence-electron chi connectivity index (χ1n) is 11.2. The highest BCUT2D eigenvalue weighted by atomic mass is 32.2. The zero-order valence-corrected chi connectivity index (χ0v) is 20.6. The number of hydrogen-bond donors (Lipinski definition) is 0. The molecule has 0 bridgehead atoms. The molecule has 1 aromatic carbocycles. The van der Waals surface area contributed by atoms with Gasteiger partial charge in [-0.15, -0.1) is 21.5 Å². The molecule has 0 fully saturated rings. The highest BCUT2D eigenvalue weighted by Gasteiger charge is 2.26. The van der Waals surface area contributed by atoms with Crippen molar-refractivity contribution in [2.75, 3.05) is 0 Å². The van der Waals surface area contributed by atoms with Crippen LogP contribution in [0.5, 0.6) is 0 Å². The highest BCUT2D eigenvalue weighted by molar-refractivity contribution is 7.99. The minimum absolute atomic E-state index is 0.00358. The molecule has 176 valence electrons. The number of nitrogens with zero attached hydrogens (tertiary/aromatic N) is 5. The standard InChI is InChI=1S/C23H23N5O4S2/c1-4-27-22(29)18-16-10-5-12(2)11-17(16)34-21(18)24-23(27)33-13(3)19-25-26-20(32-19)14-6-8-15(9-7-14)28(30)31/h6-9,12-13H,4-5,10-11H2,1-3H3. The molecule has 0 aliphatic heterocycles. The van der Waals surface area contributed by atoms with Gasteiger partial charge in [-0.1, -0.05) is 18.7 Å². The summed E-state index contributed by atoms with van der Waals surface area (Å²) < 4.78 is 7.57. The van der Waals surface area contributed by atoms with E-state index >= 15 is 0 Å². The van der Waals surface area contributed by atoms with Crippen LogP contribution in [-0.2, 0) is 19.4 Å². The summed E-state index contributed by atoms with van der Waals surface area (Å²) in [4.78, 5) is 30.8. The van der Waals surface area contributed by atoms with E-state index in [0.29, 0.717) is 29.1 Å². The van der Waals surface area contributed by atoms with Gasteiger partial charge in [-0.3, -0.25) is 19.5 Å². The summed E-state index contributed by atoms with van der Waals surface area (Å²) >= 11 is 3.05. The molecule has 11 heteroatoms. The zero-order chi connectivity index (χ0) is 24.0. The largest absolute Gasteiger partial charge is 0.419 e. The second-order valence-electron chi connectivity index (χ2n) is 8.49. The number of nitro groups is 1. The van der Waals surface area contributed by atoms with Crippen molar-refractivity contribution >= 4 is 39.0 Å². The van der Waals surface area contributed by atoms with Crippen molar-refractivity contribution < 1.29 is 9.34 Å². The van der Waals surface area contributed by atoms with Gasteiger partial charge < -0.3 is 4.42 Å². The van der Waals surface area contributed by atoms with Crippen molar-refractivity contribution in [1.29, 1.82) is 0 Å². The smallest absolute Gasteiger partial charge is 0.269 e. The Labute approximate surface area is 203 Å². The molecule has 0 radical (unpaired) electrons. The predicted molar refractivity (Wildman–Crippen MR) is 131 cm³/mol. The van der Waals surface area contributed by atoms with Crippen molar-refractivity contribution in [2.45, 2.75) is 57.0 Å². The Morgan fingerprint density at radius 2 is 2.09 bits per heavy atom. The van der Waals surface area contributed by atoms with Crippen LogP contribution in [0.25, 0.3) is 21.7 Å². The maximum absolute atomic E-state index is 13.4. The molecule has 2 atom stereocenters. The average molecular weight is 498 g/mol. The van der Waals surface area contributed by atoms with Crippen molar-refractivity contribution in [3.8, 4) is 11.5 Å². The third kappa shape index (κ3) is 4.03. The van der Waals surface area contributed by atoms with E-state index in [1.54, 1.807) is 28.0 Å². The number of thiophene rings is 1. The molecule has 0 spiro atoms. The first kappa shape index (κ1) is 22.7. The number of hydrogen-bond acceptors (Lipinski definition) is 9. The van der Waals surface area contributed by atoms with Crippen LogP contribution in [-0.4, -0.2) is 24.7 Å². The summed E-state index contributed by atoms with van der Waals surface area (Å²) in [5.41, 5.74) is 1.81. The molecule has 0 N–H and O–H groups in total. The molecule has 0 amide bonds. The van der Waals surface area contributed by atoms with Gasteiger partial charge in [0.2, 0.25) is 11.8 Å². The normalized spacial score (nSPS) is 16.5. The molecule has 1 aliphatic rings. The summed E-state index contributed by atoms with van der Waals surface area (Å²) in [6.45, 7) is 6.65. The Bertz CT molecular complexity index is 1440. The number of fused-ring (bicyclic) bond motifs is 3. The molecule has 4 aromatic rings. The third-order valence-electron chi connectivity index (χ3n) is 6.09. The van der Waals surface area contributed by atoms with Crippen LogP contribution in [0, 0.1) is 16.0 Å². The van der Waals surface area contributed by atoms with Crippen LogP contribution in [0.1, 0.15) is 48.8 Å². The third-order valence-corrected chi connectivity index (χ3v) is 8.32. The number of thioether (sulfide) groups is 1. The van der Waals surface area contributed by atoms with Gasteiger partial charge in [-0.2, -0.15) is 0 Å². The fraction of sp³-hybridized carbons (Fsp3) is 0.391. The molecule has 9 nitrogen and oxygen atoms in total. The predicted octanol–water partition coefficient (Wildman–Crippen LogP) is 5.41. The maximum Gasteiger partial charge on any atom is 0.269 e. The van der Waals surface area contributed by atoms with Crippen molar-refractivity contribution in [3.63, 3.8) is 0 Å². The Morgan fingerprint density at radius 1 is 1.32 bits per heavy atom. The molecule has 1 aliphatic carbocycles. The Hall–Kier alpha value is -3.05. The van der Waals surface area contributed by atoms with Crippen LogP contribution < -0.4 is 5.56 Å². The topological polar surface area (TPSA) is 117 Å². The second-order valence-corrected chi connectivity index (χ2v) is 10.9. The summed E-state index contributed by atoms with van der Waals surface area (Å²) in [5.74, 6) is 1.31. The van der Waals surface area contributed by atoms with Crippen LogP contribution in [0.3, 0.4) is 0 Å². The van der Waals surface area contributed by atoms with Gasteiger partial charge in [0.25, 0.3) is 11.2 Å². The van der Waals surface area contributed by atoms with Gasteiger partial charge in [0.15, 0.2) is 5.16 Å². The number of aryl methyl sites for hydroxylation is 1. The Morgan fingerprint density at radius 3 is 2.79 bits per heavy atom. The zero-order valence-electron chi connectivity index (χ0n) is 19.0. The molecule has 0 saturated carbocycles. The molecule has 5 rings (SSSR count). The number of rotatable bonds is 6. The van der Waals surface area contributed by atoms with E-state index in [9.17, 15) is 14.9 Å². The molecule has 0 saturated heterocycles. The van der Waals surface area contributed by atoms with E-state index < -0.39 is 4.92 Å². The van der Waals surface area contributed by atoms with Gasteiger partial charge in [-0.25, -0.2) is 4.98 Å². The molecule has 3 aromatic heterocycles. The highest BCUT2D eigenvalue weighted by Crippen LogP contribution is 2.39. The Balaban J connectivity index is 1.44. The molecule has 2 unspecified atom stereocenters. The van der Waals surface area contributed by atoms with Crippen molar-refractivity contribution in [3.05, 3.63) is 61.1 Å². The fourth-order valence-corrected chi connectivity index (χ4v) is 6.65. The van der Waals surface area contributed by atoms with Crippen molar-refractivity contribution in [1.82, 2.24) is 19.7 Å². The van der Waals surface area contributed by atoms with E-state index in [1.165, 1.54) is 34.3 Å². The fourth-order valence-electron chi connectivity index (χ4n) is 4.22. The molecular formula is C23H23N5O4S2. The number of aromatic nitrogens is 4. The lowest BCUT2D eigenvalue weighted by atomic mass is 9.89. The minimum Gasteiger partial charge on any atom is -0.419 e. The summed E-state index contributed by atoms with van der Waals surface area (Å²) in [7, 11) is 0. The SMILES string of the molecule is CCn1c(SC(C)c2nnc(-c3ccc([N+](=O)[O-])cc3)o2)nc2sc3c(c2c1=O)CCC(C)C3.